The maximum absolute atomic E-state index is 9.50. The van der Waals surface area contributed by atoms with Crippen molar-refractivity contribution < 1.29 is 14.2 Å². The Bertz CT molecular complexity index is 807. The minimum absolute atomic E-state index is 0.00389. The van der Waals surface area contributed by atoms with E-state index in [2.05, 4.69) is 42.6 Å². The van der Waals surface area contributed by atoms with E-state index < -0.39 is 0 Å². The normalized spacial score (nSPS) is 10.2. The maximum atomic E-state index is 9.50. The number of nitrogens with one attached hydrogen (secondary N) is 1. The van der Waals surface area contributed by atoms with Crippen molar-refractivity contribution in [3.05, 3.63) is 54.6 Å². The summed E-state index contributed by atoms with van der Waals surface area (Å²) in [6.45, 7) is 3.42. The van der Waals surface area contributed by atoms with Gasteiger partial charge in [0, 0.05) is 29.2 Å². The molecule has 0 aliphatic heterocycles. The summed E-state index contributed by atoms with van der Waals surface area (Å²) in [4.78, 5) is 4.74. The van der Waals surface area contributed by atoms with Crippen molar-refractivity contribution in [2.45, 2.75) is 13.3 Å². The number of benzene rings is 2. The molecule has 138 valence electrons. The number of ether oxygens (including phenoxy) is 1. The van der Waals surface area contributed by atoms with Crippen LogP contribution in [0.25, 0.3) is 22.2 Å². The van der Waals surface area contributed by atoms with Gasteiger partial charge in [0.15, 0.2) is 0 Å². The van der Waals surface area contributed by atoms with Crippen LogP contribution in [0.1, 0.15) is 13.3 Å². The fourth-order valence-corrected chi connectivity index (χ4v) is 2.54. The largest absolute Gasteiger partial charge is 0.491 e. The number of hydrogen-bond donors (Lipinski definition) is 2. The molecule has 0 spiro atoms. The molecule has 26 heavy (non-hydrogen) atoms. The topological polar surface area (TPSA) is 54.4 Å². The van der Waals surface area contributed by atoms with Crippen LogP contribution in [0.3, 0.4) is 0 Å². The average molecular weight is 356 g/mol. The second-order valence-corrected chi connectivity index (χ2v) is 5.63. The van der Waals surface area contributed by atoms with Crippen LogP contribution in [0.4, 0.5) is 10.1 Å². The average Bonchev–Trinajstić information content (AvgIpc) is 2.72. The van der Waals surface area contributed by atoms with Crippen molar-refractivity contribution in [1.29, 1.82) is 0 Å². The van der Waals surface area contributed by atoms with Gasteiger partial charge in [-0.2, -0.15) is 0 Å². The summed E-state index contributed by atoms with van der Waals surface area (Å²) in [6, 6.07) is 18.2. The third kappa shape index (κ3) is 5.17. The Morgan fingerprint density at radius 3 is 2.46 bits per heavy atom. The first-order chi connectivity index (χ1) is 12.8. The van der Waals surface area contributed by atoms with E-state index in [-0.39, 0.29) is 13.2 Å². The zero-order chi connectivity index (χ0) is 18.8. The first-order valence-corrected chi connectivity index (χ1v) is 8.66. The molecule has 0 aliphatic rings. The van der Waals surface area contributed by atoms with Crippen molar-refractivity contribution in [2.24, 2.45) is 0 Å². The summed E-state index contributed by atoms with van der Waals surface area (Å²) in [6.07, 6.45) is 1.11. The van der Waals surface area contributed by atoms with Crippen LogP contribution in [-0.4, -0.2) is 37.0 Å². The number of aliphatic hydroxyl groups is 1. The number of aliphatic hydroxyl groups excluding tert-OH is 1. The molecule has 0 saturated carbocycles. The lowest BCUT2D eigenvalue weighted by Gasteiger charge is -2.08. The molecule has 5 heteroatoms. The van der Waals surface area contributed by atoms with Gasteiger partial charge in [0.1, 0.15) is 12.4 Å². The van der Waals surface area contributed by atoms with E-state index in [4.69, 9.17) is 14.8 Å². The minimum atomic E-state index is 0.00389. The zero-order valence-electron chi connectivity index (χ0n) is 15.2. The number of hydrogen-bond acceptors (Lipinski definition) is 4. The summed E-state index contributed by atoms with van der Waals surface area (Å²) in [7, 11) is 0.500. The molecule has 3 rings (SSSR count). The molecule has 2 aromatic carbocycles. The molecule has 4 nitrogen and oxygen atoms in total. The Hall–Kier alpha value is -2.66. The fraction of sp³-hybridized carbons (Fsp3) is 0.286. The number of alkyl halides is 1. The highest BCUT2D eigenvalue weighted by Crippen LogP contribution is 2.25. The van der Waals surface area contributed by atoms with E-state index in [1.807, 2.05) is 24.3 Å². The highest BCUT2D eigenvalue weighted by Gasteiger charge is 2.04. The van der Waals surface area contributed by atoms with Gasteiger partial charge in [-0.25, -0.2) is 4.98 Å². The standard InChI is InChI=1S/C20H22N2O2.CH3F/c1-2-11-21-17-7-3-15(4-8-17)19-10-6-16-5-9-18(24-13-12-23)14-20(16)22-19;1-2/h3-10,14,21,23H,2,11-13H2,1H3;1H3. The Kier molecular flexibility index (Phi) is 7.83. The summed E-state index contributed by atoms with van der Waals surface area (Å²) in [5.74, 6) is 0.723. The number of rotatable bonds is 7. The fourth-order valence-electron chi connectivity index (χ4n) is 2.54. The number of anilines is 1. The monoisotopic (exact) mass is 356 g/mol. The molecule has 0 amide bonds. The molecular formula is C21H25FN2O2. The van der Waals surface area contributed by atoms with Crippen LogP contribution in [0.2, 0.25) is 0 Å². The second kappa shape index (κ2) is 10.4. The summed E-state index contributed by atoms with van der Waals surface area (Å²) in [5.41, 5.74) is 4.03. The number of halogens is 1. The third-order valence-corrected chi connectivity index (χ3v) is 3.78. The molecule has 0 aliphatic carbocycles. The van der Waals surface area contributed by atoms with Crippen LogP contribution in [0.5, 0.6) is 5.75 Å². The Morgan fingerprint density at radius 1 is 1.04 bits per heavy atom. The predicted octanol–water partition coefficient (Wildman–Crippen LogP) is 4.68. The molecule has 0 fully saturated rings. The van der Waals surface area contributed by atoms with Crippen molar-refractivity contribution in [3.8, 4) is 17.0 Å². The first-order valence-electron chi connectivity index (χ1n) is 8.66. The molecule has 1 aromatic heterocycles. The first kappa shape index (κ1) is 19.7. The number of nitrogens with zero attached hydrogens (tertiary/aromatic N) is 1. The molecule has 2 N–H and O–H groups in total. The van der Waals surface area contributed by atoms with Crippen LogP contribution in [0, 0.1) is 0 Å². The molecule has 0 radical (unpaired) electrons. The van der Waals surface area contributed by atoms with Gasteiger partial charge in [0.05, 0.1) is 25.0 Å². The molecule has 0 saturated heterocycles. The van der Waals surface area contributed by atoms with Crippen LogP contribution >= 0.6 is 0 Å². The van der Waals surface area contributed by atoms with Crippen molar-refractivity contribution >= 4 is 16.6 Å². The van der Waals surface area contributed by atoms with Gasteiger partial charge in [0.2, 0.25) is 0 Å². The number of pyridine rings is 1. The van der Waals surface area contributed by atoms with Crippen LogP contribution < -0.4 is 10.1 Å². The molecule has 1 heterocycles. The van der Waals surface area contributed by atoms with E-state index in [1.165, 1.54) is 0 Å². The zero-order valence-corrected chi connectivity index (χ0v) is 15.2. The lowest BCUT2D eigenvalue weighted by molar-refractivity contribution is 0.201. The third-order valence-electron chi connectivity index (χ3n) is 3.78. The van der Waals surface area contributed by atoms with E-state index in [0.29, 0.717) is 7.18 Å². The SMILES string of the molecule is CCCNc1ccc(-c2ccc3ccc(OCCO)cc3n2)cc1.CF. The second-order valence-electron chi connectivity index (χ2n) is 5.63. The van der Waals surface area contributed by atoms with Crippen LogP contribution in [-0.2, 0) is 0 Å². The van der Waals surface area contributed by atoms with Crippen molar-refractivity contribution in [3.63, 3.8) is 0 Å². The van der Waals surface area contributed by atoms with E-state index in [0.717, 1.165) is 46.6 Å². The Morgan fingerprint density at radius 2 is 1.77 bits per heavy atom. The molecule has 0 unspecified atom stereocenters. The van der Waals surface area contributed by atoms with Gasteiger partial charge in [-0.05, 0) is 36.8 Å². The number of fused-ring (bicyclic) bond motifs is 1. The van der Waals surface area contributed by atoms with Gasteiger partial charge in [-0.15, -0.1) is 0 Å². The summed E-state index contributed by atoms with van der Waals surface area (Å²) < 4.78 is 15.0. The van der Waals surface area contributed by atoms with Gasteiger partial charge >= 0.3 is 0 Å². The smallest absolute Gasteiger partial charge is 0.121 e. The van der Waals surface area contributed by atoms with Gasteiger partial charge in [-0.1, -0.05) is 25.1 Å². The maximum Gasteiger partial charge on any atom is 0.121 e. The van der Waals surface area contributed by atoms with Gasteiger partial charge < -0.3 is 15.2 Å². The summed E-state index contributed by atoms with van der Waals surface area (Å²) >= 11 is 0. The Balaban J connectivity index is 0.00000117. The summed E-state index contributed by atoms with van der Waals surface area (Å²) in [5, 5.41) is 13.3. The van der Waals surface area contributed by atoms with Crippen LogP contribution in [0.15, 0.2) is 54.6 Å². The Labute approximate surface area is 153 Å². The van der Waals surface area contributed by atoms with Crippen molar-refractivity contribution in [1.82, 2.24) is 4.98 Å². The molecule has 3 aromatic rings. The van der Waals surface area contributed by atoms with E-state index in [1.54, 1.807) is 0 Å². The van der Waals surface area contributed by atoms with E-state index in [9.17, 15) is 4.39 Å². The van der Waals surface area contributed by atoms with Crippen molar-refractivity contribution in [2.75, 3.05) is 32.3 Å². The minimum Gasteiger partial charge on any atom is -0.491 e. The highest BCUT2D eigenvalue weighted by molar-refractivity contribution is 5.83. The van der Waals surface area contributed by atoms with Gasteiger partial charge in [0.25, 0.3) is 0 Å². The predicted molar refractivity (Wildman–Crippen MR) is 106 cm³/mol. The number of aromatic nitrogens is 1. The molecule has 0 bridgehead atoms. The lowest BCUT2D eigenvalue weighted by atomic mass is 10.1. The highest BCUT2D eigenvalue weighted by atomic mass is 19.1. The quantitative estimate of drug-likeness (QED) is 0.645. The van der Waals surface area contributed by atoms with E-state index >= 15 is 0 Å². The van der Waals surface area contributed by atoms with Gasteiger partial charge in [-0.3, -0.25) is 4.39 Å². The molecular weight excluding hydrogens is 331 g/mol. The lowest BCUT2D eigenvalue weighted by Crippen LogP contribution is -2.01. The molecule has 0 atom stereocenters.